The molecule has 3 aromatic rings. The lowest BCUT2D eigenvalue weighted by molar-refractivity contribution is -0.114. The van der Waals surface area contributed by atoms with E-state index in [4.69, 9.17) is 9.47 Å². The molecule has 8 nitrogen and oxygen atoms in total. The summed E-state index contributed by atoms with van der Waals surface area (Å²) in [4.78, 5) is 33.8. The first kappa shape index (κ1) is 29.5. The van der Waals surface area contributed by atoms with Crippen LogP contribution in [0.4, 0.5) is 15.8 Å². The molecule has 3 aromatic carbocycles. The summed E-state index contributed by atoms with van der Waals surface area (Å²) in [7, 11) is 4.88. The zero-order valence-electron chi connectivity index (χ0n) is 24.1. The summed E-state index contributed by atoms with van der Waals surface area (Å²) in [6.45, 7) is 5.10. The minimum Gasteiger partial charge on any atom is -0.493 e. The quantitative estimate of drug-likeness (QED) is 0.281. The predicted molar refractivity (Wildman–Crippen MR) is 165 cm³/mol. The molecule has 1 saturated heterocycles. The van der Waals surface area contributed by atoms with Crippen LogP contribution in [0.1, 0.15) is 22.3 Å². The molecule has 10 heteroatoms. The van der Waals surface area contributed by atoms with Crippen LogP contribution in [-0.2, 0) is 4.79 Å². The van der Waals surface area contributed by atoms with Crippen LogP contribution >= 0.6 is 11.8 Å². The van der Waals surface area contributed by atoms with Crippen molar-refractivity contribution in [1.82, 2.24) is 10.2 Å². The van der Waals surface area contributed by atoms with Gasteiger partial charge in [0.25, 0.3) is 11.8 Å². The third-order valence-electron chi connectivity index (χ3n) is 7.52. The van der Waals surface area contributed by atoms with Gasteiger partial charge in [-0.05, 0) is 79.2 Å². The number of thioether (sulfide) groups is 1. The second-order valence-electron chi connectivity index (χ2n) is 10.2. The number of ether oxygens (including phenoxy) is 2. The average molecular weight is 591 g/mol. The predicted octanol–water partition coefficient (Wildman–Crippen LogP) is 4.89. The fraction of sp³-hybridized carbons (Fsp3) is 0.312. The molecule has 1 fully saturated rings. The van der Waals surface area contributed by atoms with Gasteiger partial charge in [0.2, 0.25) is 0 Å². The van der Waals surface area contributed by atoms with Crippen LogP contribution in [0, 0.1) is 5.82 Å². The number of fused-ring (bicyclic) bond motifs is 1. The van der Waals surface area contributed by atoms with E-state index in [0.717, 1.165) is 55.3 Å². The maximum absolute atomic E-state index is 13.2. The van der Waals surface area contributed by atoms with Gasteiger partial charge in [0.15, 0.2) is 11.5 Å². The number of methoxy groups -OCH3 is 2. The van der Waals surface area contributed by atoms with Crippen LogP contribution in [-0.4, -0.2) is 77.3 Å². The van der Waals surface area contributed by atoms with Crippen molar-refractivity contribution < 1.29 is 23.5 Å². The fourth-order valence-electron chi connectivity index (χ4n) is 5.12. The number of hydrogen-bond acceptors (Lipinski definition) is 7. The molecule has 1 N–H and O–H groups in total. The van der Waals surface area contributed by atoms with E-state index in [2.05, 4.69) is 15.1 Å². The second-order valence-corrected chi connectivity index (χ2v) is 11.3. The summed E-state index contributed by atoms with van der Waals surface area (Å²) in [5.74, 6) is 0.699. The smallest absolute Gasteiger partial charge is 0.264 e. The van der Waals surface area contributed by atoms with Crippen molar-refractivity contribution >= 4 is 41.0 Å². The van der Waals surface area contributed by atoms with Gasteiger partial charge in [-0.15, -0.1) is 0 Å². The number of carbonyl (C=O) groups excluding carboxylic acids is 2. The molecule has 0 aromatic heterocycles. The van der Waals surface area contributed by atoms with Gasteiger partial charge >= 0.3 is 0 Å². The molecule has 2 aliphatic rings. The summed E-state index contributed by atoms with van der Waals surface area (Å²) >= 11 is 1.38. The van der Waals surface area contributed by atoms with Crippen molar-refractivity contribution in [2.75, 3.05) is 70.3 Å². The van der Waals surface area contributed by atoms with E-state index >= 15 is 0 Å². The van der Waals surface area contributed by atoms with Gasteiger partial charge in [-0.1, -0.05) is 17.8 Å². The van der Waals surface area contributed by atoms with Crippen molar-refractivity contribution in [2.24, 2.45) is 0 Å². The van der Waals surface area contributed by atoms with Gasteiger partial charge in [0.1, 0.15) is 5.82 Å². The normalized spacial score (nSPS) is 16.4. The van der Waals surface area contributed by atoms with Gasteiger partial charge in [-0.25, -0.2) is 4.39 Å². The van der Waals surface area contributed by atoms with Crippen molar-refractivity contribution in [1.29, 1.82) is 0 Å². The van der Waals surface area contributed by atoms with Crippen molar-refractivity contribution in [3.8, 4) is 11.5 Å². The molecule has 5 rings (SSSR count). The Morgan fingerprint density at radius 3 is 2.43 bits per heavy atom. The van der Waals surface area contributed by atoms with Crippen LogP contribution in [0.25, 0.3) is 6.08 Å². The average Bonchev–Trinajstić information content (AvgIpc) is 3.02. The summed E-state index contributed by atoms with van der Waals surface area (Å²) in [5.41, 5.74) is 3.10. The maximum Gasteiger partial charge on any atom is 0.264 e. The van der Waals surface area contributed by atoms with Crippen molar-refractivity contribution in [3.05, 3.63) is 82.5 Å². The highest BCUT2D eigenvalue weighted by molar-refractivity contribution is 8.04. The van der Waals surface area contributed by atoms with Crippen LogP contribution in [0.15, 0.2) is 70.5 Å². The fourth-order valence-corrected chi connectivity index (χ4v) is 6.21. The first-order valence-electron chi connectivity index (χ1n) is 13.9. The van der Waals surface area contributed by atoms with Gasteiger partial charge < -0.3 is 24.6 Å². The number of anilines is 2. The first-order valence-corrected chi connectivity index (χ1v) is 14.7. The van der Waals surface area contributed by atoms with Crippen LogP contribution in [0.2, 0.25) is 0 Å². The molecule has 0 unspecified atom stereocenters. The largest absolute Gasteiger partial charge is 0.493 e. The molecule has 0 bridgehead atoms. The van der Waals surface area contributed by atoms with Crippen LogP contribution < -0.4 is 24.6 Å². The molecule has 220 valence electrons. The van der Waals surface area contributed by atoms with E-state index in [1.165, 1.54) is 23.9 Å². The Hall–Kier alpha value is -4.02. The Labute approximate surface area is 250 Å². The van der Waals surface area contributed by atoms with Crippen LogP contribution in [0.5, 0.6) is 11.5 Å². The summed E-state index contributed by atoms with van der Waals surface area (Å²) in [6.07, 6.45) is 2.67. The minimum atomic E-state index is -0.220. The molecular formula is C32H35FN4O4S. The van der Waals surface area contributed by atoms with Gasteiger partial charge in [0, 0.05) is 55.9 Å². The third-order valence-corrected chi connectivity index (χ3v) is 8.60. The van der Waals surface area contributed by atoms with Gasteiger partial charge in [-0.2, -0.15) is 0 Å². The number of piperazine rings is 1. The molecule has 2 amide bonds. The highest BCUT2D eigenvalue weighted by atomic mass is 32.2. The molecule has 2 aliphatic heterocycles. The van der Waals surface area contributed by atoms with E-state index in [9.17, 15) is 14.0 Å². The van der Waals surface area contributed by atoms with E-state index in [1.807, 2.05) is 42.5 Å². The topological polar surface area (TPSA) is 74.4 Å². The lowest BCUT2D eigenvalue weighted by atomic mass is 10.1. The van der Waals surface area contributed by atoms with E-state index in [-0.39, 0.29) is 17.6 Å². The number of halogens is 1. The monoisotopic (exact) mass is 590 g/mol. The molecule has 0 aliphatic carbocycles. The van der Waals surface area contributed by atoms with Gasteiger partial charge in [-0.3, -0.25) is 14.5 Å². The lowest BCUT2D eigenvalue weighted by Crippen LogP contribution is -2.47. The number of hydrogen-bond donors (Lipinski definition) is 1. The van der Waals surface area contributed by atoms with Crippen molar-refractivity contribution in [3.63, 3.8) is 0 Å². The Bertz CT molecular complexity index is 1470. The number of nitrogens with one attached hydrogen (secondary N) is 1. The molecule has 42 heavy (non-hydrogen) atoms. The lowest BCUT2D eigenvalue weighted by Gasteiger charge is -2.36. The summed E-state index contributed by atoms with van der Waals surface area (Å²) < 4.78 is 23.9. The Balaban J connectivity index is 1.13. The minimum absolute atomic E-state index is 0.139. The Morgan fingerprint density at radius 1 is 0.976 bits per heavy atom. The van der Waals surface area contributed by atoms with E-state index < -0.39 is 0 Å². The third kappa shape index (κ3) is 6.71. The number of nitrogens with zero attached hydrogens (tertiary/aromatic N) is 3. The standard InChI is InChI=1S/C32H35FN4O4S/c1-35-26-21-23(6-12-29(26)42-30(32(35)39)20-22-5-11-27(40-2)28(19-22)41-3)31(38)34-13-4-14-36-15-17-37(18-16-36)25-9-7-24(33)8-10-25/h5-12,19-21H,4,13-18H2,1-3H3,(H,34,38). The molecule has 0 atom stereocenters. The highest BCUT2D eigenvalue weighted by Gasteiger charge is 2.27. The molecule has 2 heterocycles. The maximum atomic E-state index is 13.2. The molecular weight excluding hydrogens is 555 g/mol. The summed E-state index contributed by atoms with van der Waals surface area (Å²) in [6, 6.07) is 17.6. The second kappa shape index (κ2) is 13.3. The number of benzene rings is 3. The van der Waals surface area contributed by atoms with Crippen LogP contribution in [0.3, 0.4) is 0 Å². The first-order chi connectivity index (χ1) is 20.4. The van der Waals surface area contributed by atoms with Crippen molar-refractivity contribution in [2.45, 2.75) is 11.3 Å². The SMILES string of the molecule is COc1ccc(C=C2Sc3ccc(C(=O)NCCCN4CCN(c5ccc(F)cc5)CC4)cc3N(C)C2=O)cc1OC. The Morgan fingerprint density at radius 2 is 1.71 bits per heavy atom. The van der Waals surface area contributed by atoms with Gasteiger partial charge in [0.05, 0.1) is 24.8 Å². The zero-order chi connectivity index (χ0) is 29.6. The molecule has 0 radical (unpaired) electrons. The van der Waals surface area contributed by atoms with E-state index in [0.29, 0.717) is 34.2 Å². The molecule has 0 saturated carbocycles. The summed E-state index contributed by atoms with van der Waals surface area (Å²) in [5, 5.41) is 3.02. The number of likely N-dealkylation sites (N-methyl/N-ethyl adjacent to an activating group) is 1. The number of amides is 2. The molecule has 0 spiro atoms. The number of carbonyl (C=O) groups is 2. The highest BCUT2D eigenvalue weighted by Crippen LogP contribution is 2.42. The number of rotatable bonds is 9. The Kier molecular flexibility index (Phi) is 9.34. The zero-order valence-corrected chi connectivity index (χ0v) is 24.9. The van der Waals surface area contributed by atoms with E-state index in [1.54, 1.807) is 38.3 Å².